The Hall–Kier alpha value is -3.41. The molecule has 0 aliphatic carbocycles. The van der Waals surface area contributed by atoms with Gasteiger partial charge in [0.2, 0.25) is 11.5 Å². The summed E-state index contributed by atoms with van der Waals surface area (Å²) in [6.07, 6.45) is 1.22. The third-order valence-electron chi connectivity index (χ3n) is 4.74. The lowest BCUT2D eigenvalue weighted by molar-refractivity contribution is -0.122. The Kier molecular flexibility index (Phi) is 4.46. The van der Waals surface area contributed by atoms with E-state index in [2.05, 4.69) is 10.1 Å². The zero-order chi connectivity index (χ0) is 18.8. The average molecular weight is 361 g/mol. The second kappa shape index (κ2) is 7.07. The Labute approximate surface area is 156 Å². The molecule has 0 spiro atoms. The summed E-state index contributed by atoms with van der Waals surface area (Å²) in [5, 5.41) is 4.70. The number of anilines is 1. The highest BCUT2D eigenvalue weighted by Gasteiger charge is 2.33. The fraction of sp³-hybridized carbons (Fsp3) is 0.190. The highest BCUT2D eigenvalue weighted by atomic mass is 16.6. The molecule has 6 heteroatoms. The average Bonchev–Trinajstić information content (AvgIpc) is 3.12. The van der Waals surface area contributed by atoms with Crippen LogP contribution in [-0.4, -0.2) is 23.2 Å². The van der Waals surface area contributed by atoms with Crippen molar-refractivity contribution in [1.82, 2.24) is 4.98 Å². The number of hydrogen-bond acceptors (Lipinski definition) is 4. The minimum absolute atomic E-state index is 0.112. The largest absolute Gasteiger partial charge is 0.392 e. The molecule has 1 aliphatic rings. The first-order chi connectivity index (χ1) is 13.1. The lowest BCUT2D eigenvalue weighted by Gasteiger charge is -2.26. The topological polar surface area (TPSA) is 74.8 Å². The second-order valence-electron chi connectivity index (χ2n) is 6.56. The number of oxime groups is 1. The van der Waals surface area contributed by atoms with Gasteiger partial charge in [-0.25, -0.2) is 0 Å². The highest BCUT2D eigenvalue weighted by Crippen LogP contribution is 2.25. The lowest BCUT2D eigenvalue weighted by atomic mass is 10.0. The Morgan fingerprint density at radius 2 is 1.89 bits per heavy atom. The van der Waals surface area contributed by atoms with E-state index in [1.807, 2.05) is 61.5 Å². The molecule has 1 N–H and O–H groups in total. The van der Waals surface area contributed by atoms with Gasteiger partial charge in [-0.05, 0) is 30.7 Å². The summed E-state index contributed by atoms with van der Waals surface area (Å²) in [6.45, 7) is 2.10. The molecule has 2 unspecified atom stereocenters. The number of pyridine rings is 1. The monoisotopic (exact) mass is 361 g/mol. The van der Waals surface area contributed by atoms with E-state index in [1.54, 1.807) is 17.2 Å². The summed E-state index contributed by atoms with van der Waals surface area (Å²) in [6, 6.07) is 18.6. The standard InChI is InChI=1S/C21H19N3O3/c1-14-18(12-22-27-14)21(26)24(16-7-3-2-4-8-16)13-15-11-20(25)23-19-10-6-5-9-17(15)19/h2-12,14,18H,13H2,1H3,(H,23,25). The van der Waals surface area contributed by atoms with Crippen molar-refractivity contribution in [2.75, 3.05) is 4.90 Å². The van der Waals surface area contributed by atoms with Gasteiger partial charge in [0.15, 0.2) is 0 Å². The summed E-state index contributed by atoms with van der Waals surface area (Å²) in [4.78, 5) is 35.0. The molecule has 2 atom stereocenters. The van der Waals surface area contributed by atoms with Gasteiger partial charge in [0, 0.05) is 22.7 Å². The van der Waals surface area contributed by atoms with Crippen molar-refractivity contribution < 1.29 is 9.63 Å². The first-order valence-corrected chi connectivity index (χ1v) is 8.80. The van der Waals surface area contributed by atoms with E-state index in [4.69, 9.17) is 4.84 Å². The number of amides is 1. The molecule has 4 rings (SSSR count). The van der Waals surface area contributed by atoms with Gasteiger partial charge in [0.25, 0.3) is 0 Å². The van der Waals surface area contributed by atoms with E-state index in [1.165, 1.54) is 0 Å². The fourth-order valence-electron chi connectivity index (χ4n) is 3.31. The number of H-pyrrole nitrogens is 1. The van der Waals surface area contributed by atoms with Crippen molar-refractivity contribution in [3.8, 4) is 0 Å². The SMILES string of the molecule is CC1ON=CC1C(=O)N(Cc1cc(=O)[nH]c2ccccc12)c1ccccc1. The van der Waals surface area contributed by atoms with Crippen LogP contribution in [0.15, 0.2) is 70.6 Å². The summed E-state index contributed by atoms with van der Waals surface area (Å²) < 4.78 is 0. The fourth-order valence-corrected chi connectivity index (χ4v) is 3.31. The van der Waals surface area contributed by atoms with E-state index in [0.717, 1.165) is 22.2 Å². The zero-order valence-electron chi connectivity index (χ0n) is 14.8. The third kappa shape index (κ3) is 3.33. The number of hydrogen-bond donors (Lipinski definition) is 1. The number of fused-ring (bicyclic) bond motifs is 1. The van der Waals surface area contributed by atoms with Crippen LogP contribution < -0.4 is 10.5 Å². The molecule has 1 aliphatic heterocycles. The molecule has 2 aromatic carbocycles. The van der Waals surface area contributed by atoms with E-state index < -0.39 is 5.92 Å². The summed E-state index contributed by atoms with van der Waals surface area (Å²) in [5.74, 6) is -0.572. The van der Waals surface area contributed by atoms with Crippen LogP contribution in [0.1, 0.15) is 12.5 Å². The summed E-state index contributed by atoms with van der Waals surface area (Å²) in [5.41, 5.74) is 2.11. The highest BCUT2D eigenvalue weighted by molar-refractivity contribution is 6.04. The molecular weight excluding hydrogens is 342 g/mol. The van der Waals surface area contributed by atoms with Crippen LogP contribution in [0, 0.1) is 5.92 Å². The van der Waals surface area contributed by atoms with Crippen molar-refractivity contribution >= 4 is 28.7 Å². The minimum Gasteiger partial charge on any atom is -0.392 e. The van der Waals surface area contributed by atoms with Crippen molar-refractivity contribution in [3.05, 3.63) is 76.6 Å². The van der Waals surface area contributed by atoms with Gasteiger partial charge in [0.1, 0.15) is 12.0 Å². The number of aromatic nitrogens is 1. The van der Waals surface area contributed by atoms with Crippen molar-refractivity contribution in [3.63, 3.8) is 0 Å². The van der Waals surface area contributed by atoms with E-state index >= 15 is 0 Å². The minimum atomic E-state index is -0.460. The normalized spacial score (nSPS) is 18.4. The van der Waals surface area contributed by atoms with Crippen LogP contribution in [0.25, 0.3) is 10.9 Å². The van der Waals surface area contributed by atoms with Crippen molar-refractivity contribution in [2.24, 2.45) is 11.1 Å². The predicted molar refractivity (Wildman–Crippen MR) is 105 cm³/mol. The molecule has 27 heavy (non-hydrogen) atoms. The number of nitrogens with one attached hydrogen (secondary N) is 1. The second-order valence-corrected chi connectivity index (χ2v) is 6.56. The number of para-hydroxylation sites is 2. The number of rotatable bonds is 4. The van der Waals surface area contributed by atoms with Crippen LogP contribution >= 0.6 is 0 Å². The van der Waals surface area contributed by atoms with Gasteiger partial charge >= 0.3 is 0 Å². The maximum Gasteiger partial charge on any atom is 0.248 e. The van der Waals surface area contributed by atoms with Gasteiger partial charge in [-0.15, -0.1) is 0 Å². The van der Waals surface area contributed by atoms with Gasteiger partial charge in [-0.1, -0.05) is 41.6 Å². The number of nitrogens with zero attached hydrogens (tertiary/aromatic N) is 2. The molecule has 1 aromatic heterocycles. The third-order valence-corrected chi connectivity index (χ3v) is 4.74. The van der Waals surface area contributed by atoms with Gasteiger partial charge < -0.3 is 14.7 Å². The van der Waals surface area contributed by atoms with Crippen LogP contribution in [0.4, 0.5) is 5.69 Å². The molecule has 0 saturated heterocycles. The van der Waals surface area contributed by atoms with Gasteiger partial charge in [-0.3, -0.25) is 9.59 Å². The molecule has 136 valence electrons. The first-order valence-electron chi connectivity index (χ1n) is 8.80. The molecule has 0 radical (unpaired) electrons. The zero-order valence-corrected chi connectivity index (χ0v) is 14.8. The maximum absolute atomic E-state index is 13.3. The van der Waals surface area contributed by atoms with Crippen LogP contribution in [0.3, 0.4) is 0 Å². The molecule has 2 heterocycles. The van der Waals surface area contributed by atoms with Crippen molar-refractivity contribution in [2.45, 2.75) is 19.6 Å². The smallest absolute Gasteiger partial charge is 0.248 e. The van der Waals surface area contributed by atoms with Crippen LogP contribution in [-0.2, 0) is 16.2 Å². The maximum atomic E-state index is 13.3. The van der Waals surface area contributed by atoms with Crippen LogP contribution in [0.2, 0.25) is 0 Å². The Morgan fingerprint density at radius 3 is 2.63 bits per heavy atom. The van der Waals surface area contributed by atoms with E-state index in [9.17, 15) is 9.59 Å². The van der Waals surface area contributed by atoms with Gasteiger partial charge in [-0.2, -0.15) is 0 Å². The number of aromatic amines is 1. The van der Waals surface area contributed by atoms with E-state index in [-0.39, 0.29) is 24.1 Å². The molecule has 6 nitrogen and oxygen atoms in total. The lowest BCUT2D eigenvalue weighted by Crippen LogP contribution is -2.39. The quantitative estimate of drug-likeness (QED) is 0.776. The number of benzene rings is 2. The molecule has 0 fully saturated rings. The van der Waals surface area contributed by atoms with Crippen molar-refractivity contribution in [1.29, 1.82) is 0 Å². The molecule has 0 bridgehead atoms. The molecular formula is C21H19N3O3. The molecule has 1 amide bonds. The Balaban J connectivity index is 1.77. The molecule has 3 aromatic rings. The number of carbonyl (C=O) groups excluding carboxylic acids is 1. The van der Waals surface area contributed by atoms with Crippen LogP contribution in [0.5, 0.6) is 0 Å². The summed E-state index contributed by atoms with van der Waals surface area (Å²) >= 11 is 0. The van der Waals surface area contributed by atoms with Gasteiger partial charge in [0.05, 0.1) is 12.8 Å². The predicted octanol–water partition coefficient (Wildman–Crippen LogP) is 3.08. The Bertz CT molecular complexity index is 1060. The van der Waals surface area contributed by atoms with E-state index in [0.29, 0.717) is 0 Å². The Morgan fingerprint density at radius 1 is 1.15 bits per heavy atom. The summed E-state index contributed by atoms with van der Waals surface area (Å²) in [7, 11) is 0. The number of carbonyl (C=O) groups is 1. The molecule has 0 saturated carbocycles. The first kappa shape index (κ1) is 17.0.